The van der Waals surface area contributed by atoms with Gasteiger partial charge in [-0.15, -0.1) is 0 Å². The van der Waals surface area contributed by atoms with Crippen molar-refractivity contribution in [3.63, 3.8) is 0 Å². The maximum absolute atomic E-state index is 13.4. The van der Waals surface area contributed by atoms with Crippen LogP contribution < -0.4 is 4.74 Å². The van der Waals surface area contributed by atoms with Crippen molar-refractivity contribution in [2.24, 2.45) is 0 Å². The highest BCUT2D eigenvalue weighted by molar-refractivity contribution is 7.91. The third-order valence-electron chi connectivity index (χ3n) is 5.06. The van der Waals surface area contributed by atoms with Crippen molar-refractivity contribution in [2.45, 2.75) is 42.0 Å². The van der Waals surface area contributed by atoms with Crippen molar-refractivity contribution >= 4 is 19.9 Å². The van der Waals surface area contributed by atoms with E-state index in [0.717, 1.165) is 5.56 Å². The monoisotopic (exact) mass is 423 g/mol. The van der Waals surface area contributed by atoms with Crippen LogP contribution in [0.3, 0.4) is 0 Å². The predicted octanol–water partition coefficient (Wildman–Crippen LogP) is 2.88. The molecule has 1 unspecified atom stereocenters. The first-order valence-corrected chi connectivity index (χ1v) is 12.4. The first-order valence-electron chi connectivity index (χ1n) is 9.26. The van der Waals surface area contributed by atoms with E-state index in [-0.39, 0.29) is 21.3 Å². The molecule has 1 atom stereocenters. The second kappa shape index (κ2) is 8.23. The average Bonchev–Trinajstić information content (AvgIpc) is 3.16. The summed E-state index contributed by atoms with van der Waals surface area (Å²) < 4.78 is 58.9. The topological polar surface area (TPSA) is 80.8 Å². The Morgan fingerprint density at radius 1 is 1.07 bits per heavy atom. The molecule has 152 valence electrons. The smallest absolute Gasteiger partial charge is 0.247 e. The Labute approximate surface area is 167 Å². The van der Waals surface area contributed by atoms with E-state index in [1.165, 1.54) is 23.5 Å². The number of methoxy groups -OCH3 is 1. The summed E-state index contributed by atoms with van der Waals surface area (Å²) in [6, 6.07) is 12.7. The standard InChI is InChI=1S/C20H25NO5S2/c1-3-16-11-12-19(26-2)20(14-16)28(24,25)21-13-7-8-17(21)15-27(22,23)18-9-5-4-6-10-18/h4-6,9-12,14,17H,3,7-8,13,15H2,1-2H3. The molecule has 2 aromatic rings. The Balaban J connectivity index is 1.94. The van der Waals surface area contributed by atoms with Crippen LogP contribution in [0.4, 0.5) is 0 Å². The van der Waals surface area contributed by atoms with Gasteiger partial charge >= 0.3 is 0 Å². The highest BCUT2D eigenvalue weighted by Gasteiger charge is 2.39. The molecule has 6 nitrogen and oxygen atoms in total. The Bertz CT molecular complexity index is 1030. The second-order valence-corrected chi connectivity index (χ2v) is 10.7. The zero-order chi connectivity index (χ0) is 20.4. The zero-order valence-corrected chi connectivity index (χ0v) is 17.7. The fraction of sp³-hybridized carbons (Fsp3) is 0.400. The summed E-state index contributed by atoms with van der Waals surface area (Å²) in [5, 5.41) is 0. The van der Waals surface area contributed by atoms with E-state index in [9.17, 15) is 16.8 Å². The first kappa shape index (κ1) is 20.8. The minimum absolute atomic E-state index is 0.0957. The van der Waals surface area contributed by atoms with Gasteiger partial charge in [0.2, 0.25) is 10.0 Å². The lowest BCUT2D eigenvalue weighted by molar-refractivity contribution is 0.386. The van der Waals surface area contributed by atoms with Crippen LogP contribution in [0, 0.1) is 0 Å². The maximum Gasteiger partial charge on any atom is 0.247 e. The van der Waals surface area contributed by atoms with Crippen LogP contribution in [0.1, 0.15) is 25.3 Å². The van der Waals surface area contributed by atoms with Gasteiger partial charge in [0.1, 0.15) is 10.6 Å². The van der Waals surface area contributed by atoms with Crippen molar-refractivity contribution in [3.8, 4) is 5.75 Å². The molecule has 0 spiro atoms. The molecule has 8 heteroatoms. The molecule has 0 amide bonds. The summed E-state index contributed by atoms with van der Waals surface area (Å²) in [7, 11) is -6.03. The molecule has 3 rings (SSSR count). The molecule has 28 heavy (non-hydrogen) atoms. The molecule has 1 saturated heterocycles. The van der Waals surface area contributed by atoms with Crippen LogP contribution in [0.15, 0.2) is 58.3 Å². The van der Waals surface area contributed by atoms with E-state index in [0.29, 0.717) is 25.8 Å². The molecule has 1 aliphatic rings. The van der Waals surface area contributed by atoms with Crippen molar-refractivity contribution in [1.29, 1.82) is 0 Å². The Kier molecular flexibility index (Phi) is 6.12. The number of hydrogen-bond acceptors (Lipinski definition) is 5. The van der Waals surface area contributed by atoms with E-state index in [4.69, 9.17) is 4.74 Å². The van der Waals surface area contributed by atoms with Crippen LogP contribution in [-0.2, 0) is 26.3 Å². The number of hydrogen-bond donors (Lipinski definition) is 0. The number of aryl methyl sites for hydroxylation is 1. The average molecular weight is 424 g/mol. The van der Waals surface area contributed by atoms with Crippen LogP contribution in [0.5, 0.6) is 5.75 Å². The van der Waals surface area contributed by atoms with Crippen molar-refractivity contribution in [2.75, 3.05) is 19.4 Å². The van der Waals surface area contributed by atoms with Gasteiger partial charge in [-0.2, -0.15) is 4.31 Å². The van der Waals surface area contributed by atoms with Gasteiger partial charge in [-0.1, -0.05) is 31.2 Å². The SMILES string of the molecule is CCc1ccc(OC)c(S(=O)(=O)N2CCCC2CS(=O)(=O)c2ccccc2)c1. The number of sulfonamides is 1. The van der Waals surface area contributed by atoms with Crippen molar-refractivity contribution < 1.29 is 21.6 Å². The van der Waals surface area contributed by atoms with E-state index in [1.54, 1.807) is 30.3 Å². The summed E-state index contributed by atoms with van der Waals surface area (Å²) in [4.78, 5) is 0.308. The van der Waals surface area contributed by atoms with E-state index in [2.05, 4.69) is 0 Å². The highest BCUT2D eigenvalue weighted by atomic mass is 32.2. The fourth-order valence-electron chi connectivity index (χ4n) is 3.54. The third-order valence-corrected chi connectivity index (χ3v) is 8.85. The Hall–Kier alpha value is -1.90. The molecule has 0 radical (unpaired) electrons. The number of ether oxygens (including phenoxy) is 1. The van der Waals surface area contributed by atoms with Gasteiger partial charge in [0, 0.05) is 12.6 Å². The lowest BCUT2D eigenvalue weighted by Gasteiger charge is -2.25. The molecule has 0 aliphatic carbocycles. The van der Waals surface area contributed by atoms with Gasteiger partial charge in [0.25, 0.3) is 0 Å². The normalized spacial score (nSPS) is 18.3. The van der Waals surface area contributed by atoms with Gasteiger partial charge in [-0.25, -0.2) is 16.8 Å². The minimum Gasteiger partial charge on any atom is -0.495 e. The molecule has 0 bridgehead atoms. The molecule has 2 aromatic carbocycles. The Morgan fingerprint density at radius 2 is 1.79 bits per heavy atom. The zero-order valence-electron chi connectivity index (χ0n) is 16.0. The van der Waals surface area contributed by atoms with Gasteiger partial charge in [0.15, 0.2) is 9.84 Å². The van der Waals surface area contributed by atoms with Crippen molar-refractivity contribution in [3.05, 3.63) is 54.1 Å². The number of sulfone groups is 1. The van der Waals surface area contributed by atoms with E-state index < -0.39 is 25.9 Å². The summed E-state index contributed by atoms with van der Waals surface area (Å²) in [6.45, 7) is 2.25. The lowest BCUT2D eigenvalue weighted by atomic mass is 10.2. The first-order chi connectivity index (χ1) is 13.3. The third kappa shape index (κ3) is 4.09. The molecule has 1 heterocycles. The Morgan fingerprint density at radius 3 is 2.43 bits per heavy atom. The summed E-state index contributed by atoms with van der Waals surface area (Å²) in [5.74, 6) is 0.0419. The summed E-state index contributed by atoms with van der Waals surface area (Å²) >= 11 is 0. The van der Waals surface area contributed by atoms with E-state index >= 15 is 0 Å². The van der Waals surface area contributed by atoms with Gasteiger partial charge in [-0.05, 0) is 49.1 Å². The van der Waals surface area contributed by atoms with Gasteiger partial charge < -0.3 is 4.74 Å². The van der Waals surface area contributed by atoms with Gasteiger partial charge in [0.05, 0.1) is 17.8 Å². The summed E-state index contributed by atoms with van der Waals surface area (Å²) in [5.41, 5.74) is 0.882. The molecule has 1 fully saturated rings. The molecular weight excluding hydrogens is 398 g/mol. The van der Waals surface area contributed by atoms with Gasteiger partial charge in [-0.3, -0.25) is 0 Å². The second-order valence-electron chi connectivity index (χ2n) is 6.85. The molecule has 1 aliphatic heterocycles. The van der Waals surface area contributed by atoms with Crippen LogP contribution in [0.2, 0.25) is 0 Å². The van der Waals surface area contributed by atoms with Crippen LogP contribution in [-0.4, -0.2) is 46.6 Å². The molecule has 0 saturated carbocycles. The summed E-state index contributed by atoms with van der Waals surface area (Å²) in [6.07, 6.45) is 1.84. The largest absolute Gasteiger partial charge is 0.495 e. The lowest BCUT2D eigenvalue weighted by Crippen LogP contribution is -2.39. The molecule has 0 N–H and O–H groups in total. The number of nitrogens with zero attached hydrogens (tertiary/aromatic N) is 1. The van der Waals surface area contributed by atoms with Crippen molar-refractivity contribution in [1.82, 2.24) is 4.31 Å². The fourth-order valence-corrected chi connectivity index (χ4v) is 7.15. The maximum atomic E-state index is 13.4. The minimum atomic E-state index is -3.87. The van der Waals surface area contributed by atoms with Crippen LogP contribution in [0.25, 0.3) is 0 Å². The van der Waals surface area contributed by atoms with Crippen LogP contribution >= 0.6 is 0 Å². The highest BCUT2D eigenvalue weighted by Crippen LogP contribution is 2.33. The number of benzene rings is 2. The molecular formula is C20H25NO5S2. The number of rotatable bonds is 7. The predicted molar refractivity (Wildman–Crippen MR) is 108 cm³/mol. The molecule has 0 aromatic heterocycles. The quantitative estimate of drug-likeness (QED) is 0.684. The van der Waals surface area contributed by atoms with E-state index in [1.807, 2.05) is 13.0 Å².